The number of carbonyl (C=O) groups is 2. The first-order valence-corrected chi connectivity index (χ1v) is 10.2. The van der Waals surface area contributed by atoms with Gasteiger partial charge in [0, 0.05) is 22.7 Å². The van der Waals surface area contributed by atoms with Gasteiger partial charge in [-0.1, -0.05) is 18.2 Å². The average molecular weight is 410 g/mol. The highest BCUT2D eigenvalue weighted by Gasteiger charge is 2.34. The monoisotopic (exact) mass is 410 g/mol. The number of fused-ring (bicyclic) bond motifs is 1. The Balaban J connectivity index is 1.46. The van der Waals surface area contributed by atoms with Crippen LogP contribution in [0.5, 0.6) is 0 Å². The summed E-state index contributed by atoms with van der Waals surface area (Å²) in [5.41, 5.74) is 2.81. The van der Waals surface area contributed by atoms with Gasteiger partial charge in [0.15, 0.2) is 11.8 Å². The summed E-state index contributed by atoms with van der Waals surface area (Å²) in [7, 11) is 0. The molecule has 4 rings (SSSR count). The van der Waals surface area contributed by atoms with Gasteiger partial charge in [-0.2, -0.15) is 0 Å². The number of rotatable bonds is 4. The molecule has 7 heteroatoms. The van der Waals surface area contributed by atoms with Gasteiger partial charge in [0.2, 0.25) is 0 Å². The number of esters is 1. The summed E-state index contributed by atoms with van der Waals surface area (Å²) in [6.45, 7) is 3.54. The largest absolute Gasteiger partial charge is 0.448 e. The smallest absolute Gasteiger partial charge is 0.358 e. The van der Waals surface area contributed by atoms with Gasteiger partial charge in [-0.05, 0) is 56.2 Å². The number of amides is 1. The fourth-order valence-corrected chi connectivity index (χ4v) is 4.26. The molecule has 1 amide bonds. The van der Waals surface area contributed by atoms with E-state index in [0.717, 1.165) is 17.7 Å². The third kappa shape index (κ3) is 3.78. The Morgan fingerprint density at radius 2 is 1.93 bits per heavy atom. The molecular formula is C22H19FN2O3S. The molecular weight excluding hydrogens is 391 g/mol. The standard InChI is InChI=1S/C22H19FN2O3S/c1-13-11-16-5-3-4-6-19(16)25(13)21(26)14(2)28-22(27)18-12-29-20(24-18)15-7-9-17(23)10-8-15/h3-10,12-14H,11H2,1-2H3/t13-,14+/m0/s1. The molecule has 0 aliphatic carbocycles. The van der Waals surface area contributed by atoms with Crippen molar-refractivity contribution < 1.29 is 18.7 Å². The third-order valence-corrected chi connectivity index (χ3v) is 5.77. The molecule has 1 aliphatic heterocycles. The second-order valence-electron chi connectivity index (χ2n) is 6.98. The summed E-state index contributed by atoms with van der Waals surface area (Å²) in [6, 6.07) is 13.6. The second kappa shape index (κ2) is 7.75. The van der Waals surface area contributed by atoms with Gasteiger partial charge in [-0.15, -0.1) is 11.3 Å². The quantitative estimate of drug-likeness (QED) is 0.596. The van der Waals surface area contributed by atoms with Crippen LogP contribution in [0.25, 0.3) is 10.6 Å². The lowest BCUT2D eigenvalue weighted by molar-refractivity contribution is -0.126. The maximum atomic E-state index is 13.1. The van der Waals surface area contributed by atoms with Crippen molar-refractivity contribution in [3.8, 4) is 10.6 Å². The number of carbonyl (C=O) groups excluding carboxylic acids is 2. The summed E-state index contributed by atoms with van der Waals surface area (Å²) in [5.74, 6) is -1.25. The molecule has 1 aliphatic rings. The van der Waals surface area contributed by atoms with E-state index in [0.29, 0.717) is 10.6 Å². The topological polar surface area (TPSA) is 59.5 Å². The zero-order chi connectivity index (χ0) is 20.5. The van der Waals surface area contributed by atoms with Crippen molar-refractivity contribution >= 4 is 28.9 Å². The van der Waals surface area contributed by atoms with Crippen LogP contribution in [0.3, 0.4) is 0 Å². The average Bonchev–Trinajstić information content (AvgIpc) is 3.32. The summed E-state index contributed by atoms with van der Waals surface area (Å²) in [6.07, 6.45) is -0.164. The molecule has 0 spiro atoms. The van der Waals surface area contributed by atoms with Gasteiger partial charge >= 0.3 is 5.97 Å². The van der Waals surface area contributed by atoms with Crippen molar-refractivity contribution in [2.24, 2.45) is 0 Å². The van der Waals surface area contributed by atoms with E-state index in [1.807, 2.05) is 31.2 Å². The van der Waals surface area contributed by atoms with Gasteiger partial charge in [0.25, 0.3) is 5.91 Å². The number of para-hydroxylation sites is 1. The van der Waals surface area contributed by atoms with E-state index < -0.39 is 12.1 Å². The lowest BCUT2D eigenvalue weighted by Crippen LogP contribution is -2.43. The summed E-state index contributed by atoms with van der Waals surface area (Å²) in [4.78, 5) is 31.4. The molecule has 0 fully saturated rings. The Morgan fingerprint density at radius 1 is 1.21 bits per heavy atom. The van der Waals surface area contributed by atoms with Gasteiger partial charge in [0.1, 0.15) is 10.8 Å². The molecule has 3 aromatic rings. The fraction of sp³-hybridized carbons (Fsp3) is 0.227. The van der Waals surface area contributed by atoms with E-state index in [9.17, 15) is 14.0 Å². The fourth-order valence-electron chi connectivity index (χ4n) is 3.46. The Bertz CT molecular complexity index is 1060. The highest BCUT2D eigenvalue weighted by Crippen LogP contribution is 2.32. The number of benzene rings is 2. The molecule has 2 aromatic carbocycles. The van der Waals surface area contributed by atoms with Crippen molar-refractivity contribution in [2.75, 3.05) is 4.90 Å². The molecule has 0 saturated carbocycles. The molecule has 29 heavy (non-hydrogen) atoms. The van der Waals surface area contributed by atoms with Crippen LogP contribution in [-0.4, -0.2) is 29.0 Å². The number of anilines is 1. The number of aromatic nitrogens is 1. The number of ether oxygens (including phenoxy) is 1. The predicted molar refractivity (Wildman–Crippen MR) is 109 cm³/mol. The molecule has 148 valence electrons. The lowest BCUT2D eigenvalue weighted by Gasteiger charge is -2.25. The molecule has 2 heterocycles. The number of hydrogen-bond acceptors (Lipinski definition) is 5. The second-order valence-corrected chi connectivity index (χ2v) is 7.84. The van der Waals surface area contributed by atoms with Crippen LogP contribution in [0.2, 0.25) is 0 Å². The van der Waals surface area contributed by atoms with Crippen molar-refractivity contribution in [1.29, 1.82) is 0 Å². The number of halogens is 1. The van der Waals surface area contributed by atoms with Crippen molar-refractivity contribution in [2.45, 2.75) is 32.4 Å². The predicted octanol–water partition coefficient (Wildman–Crippen LogP) is 4.47. The Labute approximate surface area is 171 Å². The Hall–Kier alpha value is -3.06. The molecule has 5 nitrogen and oxygen atoms in total. The van der Waals surface area contributed by atoms with Crippen LogP contribution in [0, 0.1) is 5.82 Å². The maximum absolute atomic E-state index is 13.1. The van der Waals surface area contributed by atoms with Crippen LogP contribution < -0.4 is 4.90 Å². The van der Waals surface area contributed by atoms with Gasteiger partial charge in [-0.3, -0.25) is 4.79 Å². The van der Waals surface area contributed by atoms with Crippen molar-refractivity contribution in [3.05, 3.63) is 71.0 Å². The first-order chi connectivity index (χ1) is 13.9. The van der Waals surface area contributed by atoms with Crippen LogP contribution in [0.1, 0.15) is 29.9 Å². The van der Waals surface area contributed by atoms with E-state index in [-0.39, 0.29) is 23.5 Å². The highest BCUT2D eigenvalue weighted by atomic mass is 32.1. The summed E-state index contributed by atoms with van der Waals surface area (Å²) >= 11 is 1.26. The highest BCUT2D eigenvalue weighted by molar-refractivity contribution is 7.13. The molecule has 0 unspecified atom stereocenters. The Morgan fingerprint density at radius 3 is 2.69 bits per heavy atom. The normalized spacial score (nSPS) is 16.4. The molecule has 0 radical (unpaired) electrons. The van der Waals surface area contributed by atoms with Crippen molar-refractivity contribution in [1.82, 2.24) is 4.98 Å². The van der Waals surface area contributed by atoms with Crippen LogP contribution in [0.15, 0.2) is 53.9 Å². The van der Waals surface area contributed by atoms with E-state index in [1.165, 1.54) is 23.5 Å². The minimum Gasteiger partial charge on any atom is -0.448 e. The summed E-state index contributed by atoms with van der Waals surface area (Å²) in [5, 5.41) is 2.16. The zero-order valence-electron chi connectivity index (χ0n) is 16.0. The molecule has 2 atom stereocenters. The number of thiazole rings is 1. The zero-order valence-corrected chi connectivity index (χ0v) is 16.8. The Kier molecular flexibility index (Phi) is 5.15. The third-order valence-electron chi connectivity index (χ3n) is 4.88. The summed E-state index contributed by atoms with van der Waals surface area (Å²) < 4.78 is 18.5. The van der Waals surface area contributed by atoms with Gasteiger partial charge < -0.3 is 9.64 Å². The first kappa shape index (κ1) is 19.3. The number of hydrogen-bond donors (Lipinski definition) is 0. The van der Waals surface area contributed by atoms with E-state index in [2.05, 4.69) is 4.98 Å². The maximum Gasteiger partial charge on any atom is 0.358 e. The van der Waals surface area contributed by atoms with E-state index in [1.54, 1.807) is 29.3 Å². The van der Waals surface area contributed by atoms with Gasteiger partial charge in [-0.25, -0.2) is 14.2 Å². The minimum atomic E-state index is -0.938. The molecule has 1 aromatic heterocycles. The molecule has 0 bridgehead atoms. The lowest BCUT2D eigenvalue weighted by atomic mass is 10.1. The van der Waals surface area contributed by atoms with Gasteiger partial charge in [0.05, 0.1) is 0 Å². The minimum absolute atomic E-state index is 0.00500. The van der Waals surface area contributed by atoms with Crippen LogP contribution in [-0.2, 0) is 16.0 Å². The van der Waals surface area contributed by atoms with E-state index in [4.69, 9.17) is 4.74 Å². The first-order valence-electron chi connectivity index (χ1n) is 9.27. The number of nitrogens with zero attached hydrogens (tertiary/aromatic N) is 2. The van der Waals surface area contributed by atoms with Crippen molar-refractivity contribution in [3.63, 3.8) is 0 Å². The van der Waals surface area contributed by atoms with E-state index >= 15 is 0 Å². The van der Waals surface area contributed by atoms with Crippen LogP contribution in [0.4, 0.5) is 10.1 Å². The van der Waals surface area contributed by atoms with Crippen LogP contribution >= 0.6 is 11.3 Å². The molecule has 0 saturated heterocycles. The SMILES string of the molecule is C[C@@H](OC(=O)c1csc(-c2ccc(F)cc2)n1)C(=O)N1c2ccccc2C[C@@H]1C. The molecule has 0 N–H and O–H groups in total.